The molecule has 5 heteroatoms. The van der Waals surface area contributed by atoms with E-state index in [2.05, 4.69) is 19.9 Å². The molecule has 2 unspecified atom stereocenters. The Morgan fingerprint density at radius 3 is 2.52 bits per heavy atom. The molecular formula is C24H22ClN3O. The van der Waals surface area contributed by atoms with Crippen molar-refractivity contribution >= 4 is 28.9 Å². The molecule has 2 atom stereocenters. The highest BCUT2D eigenvalue weighted by Gasteiger charge is 2.47. The maximum atomic E-state index is 13.3. The van der Waals surface area contributed by atoms with E-state index in [9.17, 15) is 10.1 Å². The van der Waals surface area contributed by atoms with Crippen LogP contribution in [0, 0.1) is 28.1 Å². The fourth-order valence-corrected chi connectivity index (χ4v) is 4.71. The van der Waals surface area contributed by atoms with Crippen molar-refractivity contribution in [3.8, 4) is 6.07 Å². The van der Waals surface area contributed by atoms with Gasteiger partial charge in [-0.05, 0) is 35.6 Å². The Bertz CT molecular complexity index is 1070. The molecule has 0 radical (unpaired) electrons. The van der Waals surface area contributed by atoms with Crippen molar-refractivity contribution in [3.05, 3.63) is 76.5 Å². The minimum absolute atomic E-state index is 0.0601. The van der Waals surface area contributed by atoms with E-state index in [1.165, 1.54) is 0 Å². The van der Waals surface area contributed by atoms with E-state index in [0.29, 0.717) is 29.1 Å². The summed E-state index contributed by atoms with van der Waals surface area (Å²) in [5, 5.41) is 19.5. The summed E-state index contributed by atoms with van der Waals surface area (Å²) in [6.07, 6.45) is 1.09. The SMILES string of the molecule is CC1(C)CC(=O)C2=C(C1)N(c1cccc(Cl)c1)C(=N)C(C#N)C2c1ccccc1. The minimum Gasteiger partial charge on any atom is -0.301 e. The zero-order valence-corrected chi connectivity index (χ0v) is 17.2. The lowest BCUT2D eigenvalue weighted by atomic mass is 9.66. The fourth-order valence-electron chi connectivity index (χ4n) is 4.53. The molecule has 0 saturated heterocycles. The molecule has 4 nitrogen and oxygen atoms in total. The topological polar surface area (TPSA) is 68.0 Å². The number of rotatable bonds is 2. The van der Waals surface area contributed by atoms with Crippen molar-refractivity contribution in [3.63, 3.8) is 0 Å². The number of Topliss-reactive ketones (excluding diaryl/α,β-unsaturated/α-hetero) is 1. The highest BCUT2D eigenvalue weighted by atomic mass is 35.5. The van der Waals surface area contributed by atoms with Crippen LogP contribution >= 0.6 is 11.6 Å². The molecule has 1 N–H and O–H groups in total. The summed E-state index contributed by atoms with van der Waals surface area (Å²) < 4.78 is 0. The molecule has 2 aromatic rings. The second-order valence-electron chi connectivity index (χ2n) is 8.50. The zero-order valence-electron chi connectivity index (χ0n) is 16.4. The summed E-state index contributed by atoms with van der Waals surface area (Å²) in [6, 6.07) is 19.2. The molecule has 4 rings (SSSR count). The van der Waals surface area contributed by atoms with Crippen LogP contribution in [0.1, 0.15) is 38.2 Å². The van der Waals surface area contributed by atoms with Crippen LogP contribution in [-0.2, 0) is 4.79 Å². The van der Waals surface area contributed by atoms with Crippen molar-refractivity contribution in [1.82, 2.24) is 0 Å². The van der Waals surface area contributed by atoms with Crippen LogP contribution in [0.3, 0.4) is 0 Å². The average Bonchev–Trinajstić information content (AvgIpc) is 2.67. The molecule has 2 aromatic carbocycles. The first-order chi connectivity index (χ1) is 13.8. The number of carbonyl (C=O) groups is 1. The van der Waals surface area contributed by atoms with Gasteiger partial charge in [0.1, 0.15) is 11.8 Å². The monoisotopic (exact) mass is 403 g/mol. The maximum absolute atomic E-state index is 13.3. The van der Waals surface area contributed by atoms with Gasteiger partial charge in [0, 0.05) is 34.3 Å². The third-order valence-corrected chi connectivity index (χ3v) is 5.95. The molecule has 0 fully saturated rings. The van der Waals surface area contributed by atoms with Gasteiger partial charge in [-0.3, -0.25) is 10.2 Å². The number of anilines is 1. The number of nitrogens with one attached hydrogen (secondary N) is 1. The standard InChI is InChI=1S/C24H22ClN3O/c1-24(2)12-19-22(20(29)13-24)21(15-7-4-3-5-8-15)18(14-26)23(27)28(19)17-10-6-9-16(25)11-17/h3-11,18,21,27H,12-13H2,1-2H3. The third-order valence-electron chi connectivity index (χ3n) is 5.71. The number of carbonyl (C=O) groups excluding carboxylic acids is 1. The number of amidine groups is 1. The van der Waals surface area contributed by atoms with Gasteiger partial charge in [-0.15, -0.1) is 0 Å². The zero-order chi connectivity index (χ0) is 20.8. The summed E-state index contributed by atoms with van der Waals surface area (Å²) in [4.78, 5) is 15.1. The van der Waals surface area contributed by atoms with E-state index in [1.807, 2.05) is 42.5 Å². The molecular weight excluding hydrogens is 382 g/mol. The van der Waals surface area contributed by atoms with Crippen molar-refractivity contribution < 1.29 is 4.79 Å². The van der Waals surface area contributed by atoms with Gasteiger partial charge < -0.3 is 4.90 Å². The number of benzene rings is 2. The van der Waals surface area contributed by atoms with Gasteiger partial charge in [-0.25, -0.2) is 0 Å². The molecule has 1 heterocycles. The molecule has 1 aliphatic carbocycles. The van der Waals surface area contributed by atoms with E-state index in [4.69, 9.17) is 17.0 Å². The van der Waals surface area contributed by atoms with E-state index >= 15 is 0 Å². The molecule has 0 spiro atoms. The molecule has 0 aromatic heterocycles. The maximum Gasteiger partial charge on any atom is 0.161 e. The van der Waals surface area contributed by atoms with Gasteiger partial charge in [-0.1, -0.05) is 61.8 Å². The summed E-state index contributed by atoms with van der Waals surface area (Å²) in [6.45, 7) is 4.14. The molecule has 0 bridgehead atoms. The molecule has 146 valence electrons. The smallest absolute Gasteiger partial charge is 0.161 e. The first-order valence-corrected chi connectivity index (χ1v) is 10.0. The number of hydrogen-bond acceptors (Lipinski definition) is 3. The predicted molar refractivity (Wildman–Crippen MR) is 115 cm³/mol. The van der Waals surface area contributed by atoms with Crippen LogP contribution in [0.5, 0.6) is 0 Å². The van der Waals surface area contributed by atoms with Gasteiger partial charge in [0.2, 0.25) is 0 Å². The van der Waals surface area contributed by atoms with E-state index < -0.39 is 11.8 Å². The van der Waals surface area contributed by atoms with Gasteiger partial charge in [0.25, 0.3) is 0 Å². The first kappa shape index (κ1) is 19.4. The Balaban J connectivity index is 1.99. The lowest BCUT2D eigenvalue weighted by molar-refractivity contribution is -0.118. The summed E-state index contributed by atoms with van der Waals surface area (Å²) in [5.74, 6) is -0.930. The molecule has 0 saturated carbocycles. The van der Waals surface area contributed by atoms with Crippen LogP contribution in [0.15, 0.2) is 65.9 Å². The van der Waals surface area contributed by atoms with Gasteiger partial charge in [-0.2, -0.15) is 5.26 Å². The van der Waals surface area contributed by atoms with Crippen LogP contribution in [0.2, 0.25) is 5.02 Å². The lowest BCUT2D eigenvalue weighted by Crippen LogP contribution is -2.48. The summed E-state index contributed by atoms with van der Waals surface area (Å²) in [5.41, 5.74) is 2.88. The van der Waals surface area contributed by atoms with E-state index in [1.54, 1.807) is 17.0 Å². The third kappa shape index (κ3) is 3.36. The Kier molecular flexibility index (Phi) is 4.80. The normalized spacial score (nSPS) is 23.6. The number of ketones is 1. The van der Waals surface area contributed by atoms with Crippen molar-refractivity contribution in [2.75, 3.05) is 4.90 Å². The Morgan fingerprint density at radius 2 is 1.86 bits per heavy atom. The fraction of sp³-hybridized carbons (Fsp3) is 0.292. The largest absolute Gasteiger partial charge is 0.301 e. The molecule has 29 heavy (non-hydrogen) atoms. The second kappa shape index (κ2) is 7.17. The predicted octanol–water partition coefficient (Wildman–Crippen LogP) is 5.70. The van der Waals surface area contributed by atoms with Crippen molar-refractivity contribution in [1.29, 1.82) is 10.7 Å². The number of nitrogens with zero attached hydrogens (tertiary/aromatic N) is 2. The molecule has 2 aliphatic rings. The van der Waals surface area contributed by atoms with Crippen LogP contribution < -0.4 is 4.90 Å². The van der Waals surface area contributed by atoms with Gasteiger partial charge in [0.05, 0.1) is 6.07 Å². The Labute approximate surface area is 175 Å². The summed E-state index contributed by atoms with van der Waals surface area (Å²) in [7, 11) is 0. The quantitative estimate of drug-likeness (QED) is 0.698. The van der Waals surface area contributed by atoms with Crippen LogP contribution in [0.25, 0.3) is 0 Å². The highest BCUT2D eigenvalue weighted by Crippen LogP contribution is 2.50. The number of nitriles is 1. The van der Waals surface area contributed by atoms with Crippen molar-refractivity contribution in [2.45, 2.75) is 32.6 Å². The molecule has 1 aliphatic heterocycles. The van der Waals surface area contributed by atoms with E-state index in [-0.39, 0.29) is 17.0 Å². The Morgan fingerprint density at radius 1 is 1.14 bits per heavy atom. The van der Waals surface area contributed by atoms with Gasteiger partial charge >= 0.3 is 0 Å². The summed E-state index contributed by atoms with van der Waals surface area (Å²) >= 11 is 6.22. The van der Waals surface area contributed by atoms with Crippen LogP contribution in [-0.4, -0.2) is 11.6 Å². The first-order valence-electron chi connectivity index (χ1n) is 9.67. The Hall–Kier alpha value is -2.90. The average molecular weight is 404 g/mol. The number of hydrogen-bond donors (Lipinski definition) is 1. The lowest BCUT2D eigenvalue weighted by Gasteiger charge is -2.45. The van der Waals surface area contributed by atoms with E-state index in [0.717, 1.165) is 11.3 Å². The minimum atomic E-state index is -0.750. The highest BCUT2D eigenvalue weighted by molar-refractivity contribution is 6.31. The number of halogens is 1. The molecule has 0 amide bonds. The number of allylic oxidation sites excluding steroid dienone is 2. The second-order valence-corrected chi connectivity index (χ2v) is 8.93. The van der Waals surface area contributed by atoms with Crippen molar-refractivity contribution in [2.24, 2.45) is 11.3 Å². The van der Waals surface area contributed by atoms with Gasteiger partial charge in [0.15, 0.2) is 5.78 Å². The van der Waals surface area contributed by atoms with Crippen LogP contribution in [0.4, 0.5) is 5.69 Å².